The minimum Gasteiger partial charge on any atom is -0.300 e. The zero-order valence-electron chi connectivity index (χ0n) is 9.86. The average molecular weight is 336 g/mol. The summed E-state index contributed by atoms with van der Waals surface area (Å²) in [4.78, 5) is 23.7. The summed E-state index contributed by atoms with van der Waals surface area (Å²) < 4.78 is 3.51. The second kappa shape index (κ2) is 5.65. The topological polar surface area (TPSA) is 44.0 Å². The summed E-state index contributed by atoms with van der Waals surface area (Å²) in [5.74, 6) is 0.485. The van der Waals surface area contributed by atoms with Gasteiger partial charge in [-0.05, 0) is 41.9 Å². The highest BCUT2D eigenvalue weighted by molar-refractivity contribution is 14.1. The van der Waals surface area contributed by atoms with Gasteiger partial charge in [0.1, 0.15) is 0 Å². The Balaban J connectivity index is 3.20. The van der Waals surface area contributed by atoms with E-state index in [9.17, 15) is 9.59 Å². The molecule has 1 heterocycles. The molecular weight excluding hydrogens is 319 g/mol. The molecule has 1 aromatic rings. The van der Waals surface area contributed by atoms with Crippen molar-refractivity contribution in [3.63, 3.8) is 0 Å². The summed E-state index contributed by atoms with van der Waals surface area (Å²) in [6.07, 6.45) is 2.47. The van der Waals surface area contributed by atoms with Crippen LogP contribution in [-0.2, 0) is 13.1 Å². The highest BCUT2D eigenvalue weighted by Gasteiger charge is 2.08. The predicted molar refractivity (Wildman–Crippen MR) is 72.8 cm³/mol. The molecule has 0 aliphatic heterocycles. The lowest BCUT2D eigenvalue weighted by atomic mass is 10.1. The Bertz CT molecular complexity index is 474. The quantitative estimate of drug-likeness (QED) is 0.786. The molecule has 1 rings (SSSR count). The maximum absolute atomic E-state index is 11.9. The van der Waals surface area contributed by atoms with Crippen LogP contribution < -0.4 is 11.2 Å². The van der Waals surface area contributed by atoms with Crippen molar-refractivity contribution in [2.45, 2.75) is 40.3 Å². The molecular formula is C11H17IN2O2. The summed E-state index contributed by atoms with van der Waals surface area (Å²) in [6, 6.07) is 0. The summed E-state index contributed by atoms with van der Waals surface area (Å²) in [6.45, 7) is 7.16. The molecule has 0 amide bonds. The third-order valence-corrected chi connectivity index (χ3v) is 3.21. The van der Waals surface area contributed by atoms with Gasteiger partial charge in [0.25, 0.3) is 5.56 Å². The molecule has 90 valence electrons. The molecule has 0 N–H and O–H groups in total. The second-order valence-electron chi connectivity index (χ2n) is 4.18. The first-order chi connectivity index (χ1) is 7.47. The van der Waals surface area contributed by atoms with Gasteiger partial charge in [0.2, 0.25) is 0 Å². The summed E-state index contributed by atoms with van der Waals surface area (Å²) in [5, 5.41) is 0. The van der Waals surface area contributed by atoms with Gasteiger partial charge in [0, 0.05) is 19.3 Å². The molecule has 0 aromatic carbocycles. The van der Waals surface area contributed by atoms with Crippen molar-refractivity contribution < 1.29 is 0 Å². The maximum Gasteiger partial charge on any atom is 0.331 e. The number of aromatic nitrogens is 2. The highest BCUT2D eigenvalue weighted by atomic mass is 127. The first-order valence-corrected chi connectivity index (χ1v) is 6.55. The van der Waals surface area contributed by atoms with E-state index in [1.54, 1.807) is 10.8 Å². The third-order valence-electron chi connectivity index (χ3n) is 2.47. The first kappa shape index (κ1) is 13.5. The van der Waals surface area contributed by atoms with Crippen LogP contribution in [0.5, 0.6) is 0 Å². The van der Waals surface area contributed by atoms with Crippen LogP contribution in [0.4, 0.5) is 0 Å². The van der Waals surface area contributed by atoms with E-state index in [0.717, 1.165) is 6.42 Å². The molecule has 4 nitrogen and oxygen atoms in total. The van der Waals surface area contributed by atoms with Crippen LogP contribution in [0.3, 0.4) is 0 Å². The molecule has 0 fully saturated rings. The van der Waals surface area contributed by atoms with Gasteiger partial charge in [0.15, 0.2) is 0 Å². The van der Waals surface area contributed by atoms with Crippen molar-refractivity contribution >= 4 is 22.6 Å². The Kier molecular flexibility index (Phi) is 4.76. The van der Waals surface area contributed by atoms with Crippen LogP contribution in [0, 0.1) is 9.49 Å². The van der Waals surface area contributed by atoms with Gasteiger partial charge in [-0.1, -0.05) is 13.8 Å². The maximum atomic E-state index is 11.9. The lowest BCUT2D eigenvalue weighted by molar-refractivity contribution is 0.476. The average Bonchev–Trinajstić information content (AvgIpc) is 2.23. The SMILES string of the molecule is CCn1cc(I)c(=O)n(CCC(C)C)c1=O. The Hall–Kier alpha value is -0.590. The van der Waals surface area contributed by atoms with E-state index in [1.807, 2.05) is 29.5 Å². The van der Waals surface area contributed by atoms with Crippen LogP contribution in [0.1, 0.15) is 27.2 Å². The molecule has 0 aliphatic rings. The number of hydrogen-bond donors (Lipinski definition) is 0. The van der Waals surface area contributed by atoms with Crippen molar-refractivity contribution in [1.82, 2.24) is 9.13 Å². The van der Waals surface area contributed by atoms with Crippen LogP contribution in [0.15, 0.2) is 15.8 Å². The standard InChI is InChI=1S/C11H17IN2O2/c1-4-13-7-9(12)10(15)14(11(13)16)6-5-8(2)3/h7-8H,4-6H2,1-3H3. The molecule has 0 aliphatic carbocycles. The van der Waals surface area contributed by atoms with E-state index in [0.29, 0.717) is 22.6 Å². The van der Waals surface area contributed by atoms with E-state index >= 15 is 0 Å². The molecule has 16 heavy (non-hydrogen) atoms. The summed E-state index contributed by atoms with van der Waals surface area (Å²) in [7, 11) is 0. The van der Waals surface area contributed by atoms with Gasteiger partial charge in [-0.3, -0.25) is 13.9 Å². The number of rotatable bonds is 4. The van der Waals surface area contributed by atoms with Crippen molar-refractivity contribution in [3.05, 3.63) is 30.6 Å². The zero-order chi connectivity index (χ0) is 12.3. The third kappa shape index (κ3) is 2.96. The van der Waals surface area contributed by atoms with Crippen LogP contribution in [0.2, 0.25) is 0 Å². The minimum absolute atomic E-state index is 0.170. The van der Waals surface area contributed by atoms with Gasteiger partial charge >= 0.3 is 5.69 Å². The van der Waals surface area contributed by atoms with E-state index in [-0.39, 0.29) is 11.2 Å². The molecule has 5 heteroatoms. The van der Waals surface area contributed by atoms with Gasteiger partial charge < -0.3 is 0 Å². The van der Waals surface area contributed by atoms with Gasteiger partial charge in [-0.25, -0.2) is 4.79 Å². The highest BCUT2D eigenvalue weighted by Crippen LogP contribution is 2.01. The first-order valence-electron chi connectivity index (χ1n) is 5.47. The molecule has 0 saturated heterocycles. The molecule has 0 spiro atoms. The van der Waals surface area contributed by atoms with E-state index < -0.39 is 0 Å². The van der Waals surface area contributed by atoms with Crippen molar-refractivity contribution in [3.8, 4) is 0 Å². The Morgan fingerprint density at radius 1 is 1.38 bits per heavy atom. The largest absolute Gasteiger partial charge is 0.331 e. The fourth-order valence-corrected chi connectivity index (χ4v) is 2.06. The van der Waals surface area contributed by atoms with Gasteiger partial charge in [0.05, 0.1) is 3.57 Å². The lowest BCUT2D eigenvalue weighted by Gasteiger charge is -2.10. The molecule has 0 bridgehead atoms. The molecule has 1 aromatic heterocycles. The van der Waals surface area contributed by atoms with E-state index in [4.69, 9.17) is 0 Å². The predicted octanol–water partition coefficient (Wildman–Crippen LogP) is 1.68. The number of aryl methyl sites for hydroxylation is 1. The number of hydrogen-bond acceptors (Lipinski definition) is 2. The monoisotopic (exact) mass is 336 g/mol. The molecule has 0 saturated carbocycles. The summed E-state index contributed by atoms with van der Waals surface area (Å²) >= 11 is 1.98. The van der Waals surface area contributed by atoms with Crippen molar-refractivity contribution in [2.24, 2.45) is 5.92 Å². The fourth-order valence-electron chi connectivity index (χ4n) is 1.43. The van der Waals surface area contributed by atoms with E-state index in [2.05, 4.69) is 13.8 Å². The molecule has 0 atom stereocenters. The molecule has 0 radical (unpaired) electrons. The Labute approximate surface area is 108 Å². The molecule has 0 unspecified atom stereocenters. The Morgan fingerprint density at radius 2 is 2.00 bits per heavy atom. The van der Waals surface area contributed by atoms with Crippen LogP contribution >= 0.6 is 22.6 Å². The normalized spacial score (nSPS) is 11.1. The number of nitrogens with zero attached hydrogens (tertiary/aromatic N) is 2. The smallest absolute Gasteiger partial charge is 0.300 e. The lowest BCUT2D eigenvalue weighted by Crippen LogP contribution is -2.40. The van der Waals surface area contributed by atoms with Gasteiger partial charge in [-0.2, -0.15) is 0 Å². The van der Waals surface area contributed by atoms with E-state index in [1.165, 1.54) is 4.57 Å². The van der Waals surface area contributed by atoms with Crippen LogP contribution in [-0.4, -0.2) is 9.13 Å². The minimum atomic E-state index is -0.200. The second-order valence-corrected chi connectivity index (χ2v) is 5.35. The van der Waals surface area contributed by atoms with Crippen molar-refractivity contribution in [2.75, 3.05) is 0 Å². The van der Waals surface area contributed by atoms with Gasteiger partial charge in [-0.15, -0.1) is 0 Å². The fraction of sp³-hybridized carbons (Fsp3) is 0.636. The Morgan fingerprint density at radius 3 is 2.50 bits per heavy atom. The van der Waals surface area contributed by atoms with Crippen molar-refractivity contribution in [1.29, 1.82) is 0 Å². The summed E-state index contributed by atoms with van der Waals surface area (Å²) in [5.41, 5.74) is -0.371. The zero-order valence-corrected chi connectivity index (χ0v) is 12.0. The number of halogens is 1. The van der Waals surface area contributed by atoms with Crippen LogP contribution in [0.25, 0.3) is 0 Å².